The third-order valence-electron chi connectivity index (χ3n) is 2.82. The van der Waals surface area contributed by atoms with Crippen LogP contribution in [0.2, 0.25) is 0 Å². The number of alkyl halides is 1. The summed E-state index contributed by atoms with van der Waals surface area (Å²) in [5.74, 6) is -2.16. The second-order valence-electron chi connectivity index (χ2n) is 3.78. The lowest BCUT2D eigenvalue weighted by molar-refractivity contribution is -0.313. The molecule has 0 N–H and O–H groups in total. The van der Waals surface area contributed by atoms with Crippen molar-refractivity contribution in [2.75, 3.05) is 5.33 Å². The molecule has 0 amide bonds. The number of fused-ring (bicyclic) bond motifs is 2. The fraction of sp³-hybridized carbons (Fsp3) is 0.778. The first-order valence-corrected chi connectivity index (χ1v) is 5.85. The zero-order valence-corrected chi connectivity index (χ0v) is 9.44. The average molecular weight is 278 g/mol. The van der Waals surface area contributed by atoms with E-state index in [9.17, 15) is 14.7 Å². The van der Waals surface area contributed by atoms with Crippen molar-refractivity contribution in [3.8, 4) is 0 Å². The van der Waals surface area contributed by atoms with Crippen LogP contribution in [-0.4, -0.2) is 35.6 Å². The van der Waals surface area contributed by atoms with Crippen LogP contribution in [0.5, 0.6) is 0 Å². The number of carbonyl (C=O) groups excluding carboxylic acids is 2. The van der Waals surface area contributed by atoms with Crippen LogP contribution in [0.3, 0.4) is 0 Å². The highest BCUT2D eigenvalue weighted by Crippen LogP contribution is 2.40. The topological polar surface area (TPSA) is 75.7 Å². The predicted octanol–water partition coefficient (Wildman–Crippen LogP) is -0.780. The number of hydrogen-bond donors (Lipinski definition) is 0. The van der Waals surface area contributed by atoms with Crippen LogP contribution in [0.4, 0.5) is 0 Å². The second kappa shape index (κ2) is 4.09. The van der Waals surface area contributed by atoms with E-state index in [1.54, 1.807) is 0 Å². The van der Waals surface area contributed by atoms with Crippen molar-refractivity contribution >= 4 is 27.9 Å². The molecule has 2 aliphatic heterocycles. The van der Waals surface area contributed by atoms with Gasteiger partial charge in [-0.15, -0.1) is 0 Å². The fourth-order valence-corrected chi connectivity index (χ4v) is 2.36. The molecule has 15 heavy (non-hydrogen) atoms. The normalized spacial score (nSPS) is 37.9. The van der Waals surface area contributed by atoms with Crippen LogP contribution in [0, 0.1) is 5.92 Å². The molecule has 2 heterocycles. The third kappa shape index (κ3) is 2.01. The lowest BCUT2D eigenvalue weighted by Crippen LogP contribution is -2.43. The molecule has 2 aliphatic rings. The smallest absolute Gasteiger partial charge is 0.316 e. The maximum absolute atomic E-state index is 11.0. The minimum atomic E-state index is -1.12. The van der Waals surface area contributed by atoms with Crippen LogP contribution in [0.25, 0.3) is 0 Å². The number of hydrogen-bond acceptors (Lipinski definition) is 5. The predicted molar refractivity (Wildman–Crippen MR) is 50.1 cm³/mol. The first-order valence-electron chi connectivity index (χ1n) is 4.73. The third-order valence-corrected chi connectivity index (χ3v) is 3.28. The molecule has 5 nitrogen and oxygen atoms in total. The Hall–Kier alpha value is -0.620. The molecule has 0 aromatic carbocycles. The second-order valence-corrected chi connectivity index (χ2v) is 4.34. The van der Waals surface area contributed by atoms with E-state index >= 15 is 0 Å². The maximum Gasteiger partial charge on any atom is 0.316 e. The summed E-state index contributed by atoms with van der Waals surface area (Å²) in [6.07, 6.45) is -0.00606. The van der Waals surface area contributed by atoms with Crippen molar-refractivity contribution in [2.45, 2.75) is 31.2 Å². The van der Waals surface area contributed by atoms with Gasteiger partial charge in [0.2, 0.25) is 0 Å². The van der Waals surface area contributed by atoms with E-state index < -0.39 is 30.1 Å². The van der Waals surface area contributed by atoms with Crippen molar-refractivity contribution in [3.63, 3.8) is 0 Å². The molecule has 6 heteroatoms. The molecular formula is C9H10BrO5-. The van der Waals surface area contributed by atoms with E-state index in [0.717, 1.165) is 0 Å². The van der Waals surface area contributed by atoms with Gasteiger partial charge in [-0.25, -0.2) is 0 Å². The zero-order chi connectivity index (χ0) is 11.0. The molecule has 2 rings (SSSR count). The Morgan fingerprint density at radius 1 is 1.47 bits per heavy atom. The van der Waals surface area contributed by atoms with Gasteiger partial charge in [-0.3, -0.25) is 4.79 Å². The number of esters is 1. The van der Waals surface area contributed by atoms with Gasteiger partial charge in [-0.1, -0.05) is 15.9 Å². The fourth-order valence-electron chi connectivity index (χ4n) is 2.23. The Morgan fingerprint density at radius 3 is 2.73 bits per heavy atom. The van der Waals surface area contributed by atoms with Crippen LogP contribution >= 0.6 is 15.9 Å². The van der Waals surface area contributed by atoms with Crippen molar-refractivity contribution in [1.29, 1.82) is 0 Å². The summed E-state index contributed by atoms with van der Waals surface area (Å²) in [6.45, 7) is 0. The summed E-state index contributed by atoms with van der Waals surface area (Å²) in [7, 11) is 0. The average Bonchev–Trinajstić information content (AvgIpc) is 2.76. The van der Waals surface area contributed by atoms with Gasteiger partial charge in [-0.2, -0.15) is 0 Å². The molecule has 0 spiro atoms. The van der Waals surface area contributed by atoms with Crippen LogP contribution in [0.1, 0.15) is 12.8 Å². The molecule has 84 valence electrons. The molecule has 0 aromatic rings. The summed E-state index contributed by atoms with van der Waals surface area (Å²) in [6, 6.07) is 0. The van der Waals surface area contributed by atoms with Gasteiger partial charge in [0, 0.05) is 18.3 Å². The summed E-state index contributed by atoms with van der Waals surface area (Å²) in [5, 5.41) is 10.9. The molecule has 2 saturated heterocycles. The van der Waals surface area contributed by atoms with E-state index in [2.05, 4.69) is 15.9 Å². The Morgan fingerprint density at radius 2 is 2.20 bits per heavy atom. The highest BCUT2D eigenvalue weighted by Gasteiger charge is 2.49. The number of rotatable bonds is 3. The van der Waals surface area contributed by atoms with Gasteiger partial charge in [0.15, 0.2) is 0 Å². The molecule has 4 atom stereocenters. The molecule has 2 bridgehead atoms. The number of halogens is 1. The number of carbonyl (C=O) groups is 2. The number of aliphatic carboxylic acids is 1. The van der Waals surface area contributed by atoms with Crippen molar-refractivity contribution in [2.24, 2.45) is 5.92 Å². The van der Waals surface area contributed by atoms with Crippen LogP contribution < -0.4 is 5.11 Å². The van der Waals surface area contributed by atoms with E-state index in [4.69, 9.17) is 9.47 Å². The first kappa shape index (κ1) is 10.9. The van der Waals surface area contributed by atoms with Crippen molar-refractivity contribution < 1.29 is 24.2 Å². The molecule has 2 fully saturated rings. The van der Waals surface area contributed by atoms with Crippen LogP contribution in [0.15, 0.2) is 0 Å². The standard InChI is InChI=1S/C9H11BrO5/c10-3-7(11)15-6-2-4-1-5(9(12)13)8(6)14-4/h4-6,8H,1-3H2,(H,12,13)/p-1. The summed E-state index contributed by atoms with van der Waals surface area (Å²) in [4.78, 5) is 21.8. The van der Waals surface area contributed by atoms with Gasteiger partial charge in [0.05, 0.1) is 6.10 Å². The molecule has 0 saturated carbocycles. The Bertz CT molecular complexity index is 292. The van der Waals surface area contributed by atoms with Crippen LogP contribution in [-0.2, 0) is 19.1 Å². The molecular weight excluding hydrogens is 268 g/mol. The first-order chi connectivity index (χ1) is 7.11. The largest absolute Gasteiger partial charge is 0.550 e. The van der Waals surface area contributed by atoms with Crippen molar-refractivity contribution in [3.05, 3.63) is 0 Å². The molecule has 0 aliphatic carbocycles. The van der Waals surface area contributed by atoms with Gasteiger partial charge in [0.1, 0.15) is 17.5 Å². The minimum Gasteiger partial charge on any atom is -0.550 e. The van der Waals surface area contributed by atoms with Crippen molar-refractivity contribution in [1.82, 2.24) is 0 Å². The monoisotopic (exact) mass is 277 g/mol. The van der Waals surface area contributed by atoms with E-state index in [-0.39, 0.29) is 11.4 Å². The SMILES string of the molecule is O=C(CBr)OC1CC2CC(C(=O)[O-])C1O2. The number of ether oxygens (including phenoxy) is 2. The minimum absolute atomic E-state index is 0.106. The summed E-state index contributed by atoms with van der Waals surface area (Å²) >= 11 is 2.98. The van der Waals surface area contributed by atoms with Gasteiger partial charge >= 0.3 is 5.97 Å². The highest BCUT2D eigenvalue weighted by atomic mass is 79.9. The maximum atomic E-state index is 11.0. The lowest BCUT2D eigenvalue weighted by Gasteiger charge is -2.26. The quantitative estimate of drug-likeness (QED) is 0.500. The van der Waals surface area contributed by atoms with E-state index in [1.807, 2.05) is 0 Å². The number of carboxylic acids is 1. The molecule has 4 unspecified atom stereocenters. The zero-order valence-electron chi connectivity index (χ0n) is 7.85. The Balaban J connectivity index is 1.99. The number of carboxylic acid groups (broad SMARTS) is 1. The Kier molecular flexibility index (Phi) is 2.97. The summed E-state index contributed by atoms with van der Waals surface area (Å²) in [5.41, 5.74) is 0. The van der Waals surface area contributed by atoms with E-state index in [1.165, 1.54) is 0 Å². The van der Waals surface area contributed by atoms with Gasteiger partial charge in [0.25, 0.3) is 0 Å². The Labute approximate surface area is 94.9 Å². The lowest BCUT2D eigenvalue weighted by atomic mass is 9.87. The van der Waals surface area contributed by atoms with E-state index in [0.29, 0.717) is 12.8 Å². The van der Waals surface area contributed by atoms with Gasteiger partial charge in [-0.05, 0) is 6.42 Å². The highest BCUT2D eigenvalue weighted by molar-refractivity contribution is 9.09. The summed E-state index contributed by atoms with van der Waals surface area (Å²) < 4.78 is 10.5. The molecule has 0 radical (unpaired) electrons. The molecule has 0 aromatic heterocycles. The van der Waals surface area contributed by atoms with Gasteiger partial charge < -0.3 is 19.4 Å².